The van der Waals surface area contributed by atoms with Gasteiger partial charge in [0.2, 0.25) is 0 Å². The molecule has 0 fully saturated rings. The fraction of sp³-hybridized carbons (Fsp3) is 0.417. The highest BCUT2D eigenvalue weighted by atomic mass is 16.5. The Morgan fingerprint density at radius 3 is 3.12 bits per heavy atom. The van der Waals surface area contributed by atoms with Crippen LogP contribution in [0.25, 0.3) is 0 Å². The number of fused-ring (bicyclic) bond motifs is 1. The molecular formula is C12H13NO4. The summed E-state index contributed by atoms with van der Waals surface area (Å²) in [5.41, 5.74) is 0.621. The Kier molecular flexibility index (Phi) is 3.08. The van der Waals surface area contributed by atoms with E-state index in [0.29, 0.717) is 5.71 Å². The molecule has 5 nitrogen and oxygen atoms in total. The van der Waals surface area contributed by atoms with E-state index in [0.717, 1.165) is 0 Å². The SMILES string of the molecule is CCOC(=O)C1CN=C2C=CCC(=O)C2=C1O. The number of esters is 1. The quantitative estimate of drug-likeness (QED) is 0.723. The molecular weight excluding hydrogens is 222 g/mol. The number of aliphatic hydroxyl groups excluding tert-OH is 1. The first-order chi connectivity index (χ1) is 8.15. The van der Waals surface area contributed by atoms with Crippen LogP contribution in [0.3, 0.4) is 0 Å². The summed E-state index contributed by atoms with van der Waals surface area (Å²) in [6, 6.07) is 0. The van der Waals surface area contributed by atoms with Crippen LogP contribution < -0.4 is 0 Å². The molecule has 0 aromatic heterocycles. The minimum atomic E-state index is -0.843. The summed E-state index contributed by atoms with van der Waals surface area (Å²) in [7, 11) is 0. The number of hydrogen-bond donors (Lipinski definition) is 1. The van der Waals surface area contributed by atoms with Crippen molar-refractivity contribution in [1.82, 2.24) is 0 Å². The largest absolute Gasteiger partial charge is 0.510 e. The van der Waals surface area contributed by atoms with E-state index in [9.17, 15) is 14.7 Å². The van der Waals surface area contributed by atoms with Gasteiger partial charge >= 0.3 is 5.97 Å². The number of ketones is 1. The Hall–Kier alpha value is -1.91. The highest BCUT2D eigenvalue weighted by Crippen LogP contribution is 2.25. The maximum absolute atomic E-state index is 11.7. The second-order valence-electron chi connectivity index (χ2n) is 3.82. The second kappa shape index (κ2) is 4.53. The number of carbonyl (C=O) groups excluding carboxylic acids is 2. The highest BCUT2D eigenvalue weighted by Gasteiger charge is 2.34. The average Bonchev–Trinajstić information content (AvgIpc) is 2.29. The van der Waals surface area contributed by atoms with E-state index in [1.54, 1.807) is 19.1 Å². The highest BCUT2D eigenvalue weighted by molar-refractivity contribution is 6.29. The van der Waals surface area contributed by atoms with Gasteiger partial charge in [-0.05, 0) is 13.0 Å². The molecule has 1 atom stereocenters. The third kappa shape index (κ3) is 2.00. The van der Waals surface area contributed by atoms with Crippen LogP contribution in [0.1, 0.15) is 13.3 Å². The van der Waals surface area contributed by atoms with E-state index < -0.39 is 11.9 Å². The molecule has 0 saturated carbocycles. The van der Waals surface area contributed by atoms with Crippen LogP contribution in [0.2, 0.25) is 0 Å². The fourth-order valence-electron chi connectivity index (χ4n) is 1.89. The molecule has 1 aliphatic heterocycles. The molecule has 2 rings (SSSR count). The molecule has 1 N–H and O–H groups in total. The molecule has 0 saturated heterocycles. The molecule has 0 aromatic carbocycles. The Balaban J connectivity index is 2.33. The van der Waals surface area contributed by atoms with Gasteiger partial charge in [-0.25, -0.2) is 0 Å². The maximum Gasteiger partial charge on any atom is 0.318 e. The number of ether oxygens (including phenoxy) is 1. The number of aliphatic hydroxyl groups is 1. The maximum atomic E-state index is 11.7. The first-order valence-corrected chi connectivity index (χ1v) is 5.49. The van der Waals surface area contributed by atoms with Crippen molar-refractivity contribution in [3.63, 3.8) is 0 Å². The number of carbonyl (C=O) groups is 2. The van der Waals surface area contributed by atoms with Gasteiger partial charge in [-0.15, -0.1) is 0 Å². The van der Waals surface area contributed by atoms with Gasteiger partial charge in [0.1, 0.15) is 11.7 Å². The summed E-state index contributed by atoms with van der Waals surface area (Å²) in [6.07, 6.45) is 3.62. The summed E-state index contributed by atoms with van der Waals surface area (Å²) < 4.78 is 4.84. The van der Waals surface area contributed by atoms with Crippen LogP contribution in [-0.2, 0) is 14.3 Å². The Morgan fingerprint density at radius 2 is 2.41 bits per heavy atom. The van der Waals surface area contributed by atoms with Crippen LogP contribution in [0.5, 0.6) is 0 Å². The Bertz CT molecular complexity index is 459. The molecule has 1 aliphatic carbocycles. The first-order valence-electron chi connectivity index (χ1n) is 5.49. The van der Waals surface area contributed by atoms with E-state index in [4.69, 9.17) is 4.74 Å². The zero-order valence-electron chi connectivity index (χ0n) is 9.47. The third-order valence-corrected chi connectivity index (χ3v) is 2.72. The molecule has 90 valence electrons. The standard InChI is InChI=1S/C12H13NO4/c1-2-17-12(16)7-6-13-8-4-3-5-9(14)10(8)11(7)15/h3-4,7,15H,2,5-6H2,1H3. The van der Waals surface area contributed by atoms with Crippen LogP contribution >= 0.6 is 0 Å². The van der Waals surface area contributed by atoms with Crippen molar-refractivity contribution in [1.29, 1.82) is 0 Å². The van der Waals surface area contributed by atoms with Crippen molar-refractivity contribution in [2.24, 2.45) is 10.9 Å². The third-order valence-electron chi connectivity index (χ3n) is 2.72. The summed E-state index contributed by atoms with van der Waals surface area (Å²) in [4.78, 5) is 27.4. The van der Waals surface area contributed by atoms with Crippen LogP contribution in [0.4, 0.5) is 0 Å². The van der Waals surface area contributed by atoms with Gasteiger partial charge in [0.15, 0.2) is 5.78 Å². The number of hydrogen-bond acceptors (Lipinski definition) is 5. The van der Waals surface area contributed by atoms with Gasteiger partial charge < -0.3 is 9.84 Å². The van der Waals surface area contributed by atoms with Crippen molar-refractivity contribution < 1.29 is 19.4 Å². The number of allylic oxidation sites excluding steroid dienone is 3. The summed E-state index contributed by atoms with van der Waals surface area (Å²) in [6.45, 7) is 2.05. The number of nitrogens with zero attached hydrogens (tertiary/aromatic N) is 1. The zero-order valence-corrected chi connectivity index (χ0v) is 9.47. The Morgan fingerprint density at radius 1 is 1.65 bits per heavy atom. The van der Waals surface area contributed by atoms with Crippen LogP contribution in [0, 0.1) is 5.92 Å². The molecule has 0 amide bonds. The lowest BCUT2D eigenvalue weighted by Crippen LogP contribution is -2.31. The van der Waals surface area contributed by atoms with E-state index >= 15 is 0 Å². The van der Waals surface area contributed by atoms with E-state index in [-0.39, 0.29) is 36.7 Å². The van der Waals surface area contributed by atoms with Crippen molar-refractivity contribution in [2.45, 2.75) is 13.3 Å². The fourth-order valence-corrected chi connectivity index (χ4v) is 1.89. The van der Waals surface area contributed by atoms with E-state index in [2.05, 4.69) is 4.99 Å². The van der Waals surface area contributed by atoms with Gasteiger partial charge in [-0.1, -0.05) is 6.08 Å². The van der Waals surface area contributed by atoms with Crippen molar-refractivity contribution in [3.8, 4) is 0 Å². The molecule has 0 aromatic rings. The lowest BCUT2D eigenvalue weighted by Gasteiger charge is -2.22. The smallest absolute Gasteiger partial charge is 0.318 e. The number of aliphatic imine (C=N–C) groups is 1. The van der Waals surface area contributed by atoms with Gasteiger partial charge in [-0.3, -0.25) is 14.6 Å². The minimum absolute atomic E-state index is 0.126. The zero-order chi connectivity index (χ0) is 12.4. The minimum Gasteiger partial charge on any atom is -0.510 e. The average molecular weight is 235 g/mol. The van der Waals surface area contributed by atoms with Gasteiger partial charge in [0.25, 0.3) is 0 Å². The first kappa shape index (κ1) is 11.6. The topological polar surface area (TPSA) is 76.0 Å². The molecule has 0 spiro atoms. The van der Waals surface area contributed by atoms with Gasteiger partial charge in [0, 0.05) is 6.42 Å². The predicted molar refractivity (Wildman–Crippen MR) is 60.8 cm³/mol. The molecule has 2 aliphatic rings. The number of rotatable bonds is 2. The van der Waals surface area contributed by atoms with E-state index in [1.165, 1.54) is 0 Å². The van der Waals surface area contributed by atoms with Gasteiger partial charge in [0.05, 0.1) is 24.4 Å². The van der Waals surface area contributed by atoms with E-state index in [1.807, 2.05) is 0 Å². The van der Waals surface area contributed by atoms with Crippen molar-refractivity contribution in [3.05, 3.63) is 23.5 Å². The normalized spacial score (nSPS) is 23.2. The number of dihydropyridines is 1. The summed E-state index contributed by atoms with van der Waals surface area (Å²) >= 11 is 0. The van der Waals surface area contributed by atoms with Crippen molar-refractivity contribution in [2.75, 3.05) is 13.2 Å². The van der Waals surface area contributed by atoms with Gasteiger partial charge in [-0.2, -0.15) is 0 Å². The van der Waals surface area contributed by atoms with Crippen molar-refractivity contribution >= 4 is 17.5 Å². The molecule has 0 bridgehead atoms. The molecule has 1 unspecified atom stereocenters. The van der Waals surface area contributed by atoms with Crippen LogP contribution in [-0.4, -0.2) is 35.7 Å². The molecule has 0 radical (unpaired) electrons. The molecule has 17 heavy (non-hydrogen) atoms. The second-order valence-corrected chi connectivity index (χ2v) is 3.82. The predicted octanol–water partition coefficient (Wildman–Crippen LogP) is 0.961. The molecule has 1 heterocycles. The number of Topliss-reactive ketones (excluding diaryl/α,β-unsaturated/α-hetero) is 1. The molecule has 5 heteroatoms. The monoisotopic (exact) mass is 235 g/mol. The van der Waals surface area contributed by atoms with Crippen LogP contribution in [0.15, 0.2) is 28.5 Å². The summed E-state index contributed by atoms with van der Waals surface area (Å²) in [5, 5.41) is 9.97. The lowest BCUT2D eigenvalue weighted by molar-refractivity contribution is -0.147. The summed E-state index contributed by atoms with van der Waals surface area (Å²) in [5.74, 6) is -1.80. The Labute approximate surface area is 98.5 Å². The lowest BCUT2D eigenvalue weighted by atomic mass is 9.89.